The highest BCUT2D eigenvalue weighted by Crippen LogP contribution is 2.32. The van der Waals surface area contributed by atoms with Gasteiger partial charge < -0.3 is 67.8 Å². The smallest absolute Gasteiger partial charge is 0.222 e. The molecule has 8 rings (SSSR count). The molecule has 4 saturated heterocycles. The van der Waals surface area contributed by atoms with E-state index in [1.165, 1.54) is 0 Å². The second-order valence-electron chi connectivity index (χ2n) is 26.7. The zero-order chi connectivity index (χ0) is 54.5. The van der Waals surface area contributed by atoms with E-state index in [4.69, 9.17) is 53.7 Å². The zero-order valence-corrected chi connectivity index (χ0v) is 47.1. The highest BCUT2D eigenvalue weighted by Gasteiger charge is 2.49. The molecule has 2 unspecified atom stereocenters. The van der Waals surface area contributed by atoms with E-state index < -0.39 is 0 Å². The van der Waals surface area contributed by atoms with Gasteiger partial charge in [0.25, 0.3) is 0 Å². The molecule has 4 heterocycles. The molecular weight excluding hydrogens is 903 g/mol. The summed E-state index contributed by atoms with van der Waals surface area (Å²) in [6.45, 7) is 7.54. The van der Waals surface area contributed by atoms with Crippen molar-refractivity contribution in [2.75, 3.05) is 192 Å². The number of hydrogen-bond donors (Lipinski definition) is 8. The summed E-state index contributed by atoms with van der Waals surface area (Å²) < 4.78 is 30.3. The molecule has 18 heteroatoms. The van der Waals surface area contributed by atoms with Gasteiger partial charge in [-0.05, 0) is 11.8 Å². The number of halogens is 2. The lowest BCUT2D eigenvalue weighted by molar-refractivity contribution is -0.911. The van der Waals surface area contributed by atoms with Gasteiger partial charge in [-0.3, -0.25) is 8.97 Å². The summed E-state index contributed by atoms with van der Waals surface area (Å²) in [7, 11) is 33.2. The highest BCUT2D eigenvalue weighted by atomic mass is 19.1. The van der Waals surface area contributed by atoms with Crippen LogP contribution in [0.4, 0.5) is 8.78 Å². The normalized spacial score (nSPS) is 36.9. The molecule has 4 aliphatic heterocycles. The fourth-order valence-corrected chi connectivity index (χ4v) is 9.57. The lowest BCUT2D eigenvalue weighted by Gasteiger charge is -2.27. The largest absolute Gasteiger partial charge is 0.387 e. The minimum Gasteiger partial charge on any atom is -0.387 e. The van der Waals surface area contributed by atoms with Gasteiger partial charge in [0.2, 0.25) is 13.6 Å². The van der Waals surface area contributed by atoms with E-state index >= 15 is 0 Å². The Morgan fingerprint density at radius 3 is 0.729 bits per heavy atom. The number of likely N-dealkylation sites (tertiary alicyclic amines) is 4. The van der Waals surface area contributed by atoms with Crippen molar-refractivity contribution in [1.29, 1.82) is 0 Å². The number of terminal acetylenes is 2. The molecule has 0 aromatic carbocycles. The van der Waals surface area contributed by atoms with E-state index in [-0.39, 0.29) is 62.4 Å². The average Bonchev–Trinajstić information content (AvgIpc) is 4.17. The summed E-state index contributed by atoms with van der Waals surface area (Å²) in [6.07, 6.45) is 16.7. The molecule has 16 nitrogen and oxygen atoms in total. The second-order valence-corrected chi connectivity index (χ2v) is 26.7. The van der Waals surface area contributed by atoms with Crippen LogP contribution in [0, 0.1) is 24.7 Å². The predicted molar refractivity (Wildman–Crippen MR) is 275 cm³/mol. The number of rotatable bonds is 8. The van der Waals surface area contributed by atoms with Gasteiger partial charge in [-0.15, -0.1) is 12.8 Å². The molecule has 8 aliphatic rings. The van der Waals surface area contributed by atoms with E-state index in [1.807, 2.05) is 14.1 Å². The Bertz CT molecular complexity index is 1500. The van der Waals surface area contributed by atoms with Crippen LogP contribution in [0.15, 0.2) is 0 Å². The van der Waals surface area contributed by atoms with Crippen molar-refractivity contribution in [2.24, 2.45) is 0 Å². The third kappa shape index (κ3) is 26.0. The number of nitrogens with zero attached hydrogens (tertiary/aromatic N) is 8. The molecule has 4 aliphatic carbocycles. The number of alkyl halides is 2. The zero-order valence-electron chi connectivity index (χ0n) is 47.1. The van der Waals surface area contributed by atoms with E-state index in [9.17, 15) is 8.78 Å². The van der Waals surface area contributed by atoms with Crippen molar-refractivity contribution in [1.82, 2.24) is 0 Å². The SMILES string of the molecule is C#CC[N+](C)(C)[C@@H]1C[C@@H]1O.C#CC[N+](C)(C)[C@H]1C[C@H]1O.C[N+](C)(C)[C@@H]1C[C@@H]1O.C[N+](C)(C)[C@H]1C[C@H]1O.C[N+]1(C)CC[C@@H](O)C1.C[N+]1(C)CC[C@H](O)C1.C[N+]1(CF)CC[C@@H](O)C1.C[N+]1(CF)CC[C@H](O)C1. The minimum absolute atomic E-state index is 0.0185. The van der Waals surface area contributed by atoms with Crippen LogP contribution in [-0.2, 0) is 0 Å². The Hall–Kier alpha value is -1.66. The Morgan fingerprint density at radius 2 is 0.643 bits per heavy atom. The molecule has 14 atom stereocenters. The van der Waals surface area contributed by atoms with E-state index in [0.29, 0.717) is 59.3 Å². The lowest BCUT2D eigenvalue weighted by Crippen LogP contribution is -2.43. The monoisotopic (exact) mass is 1010 g/mol. The second kappa shape index (κ2) is 27.2. The standard InChI is InChI=1S/2C8H14NO.2C6H13FNO.4C6H14NO/c2*1-4-5-9(2,3)7-6-8(7)10;2*1-8(5-7)3-2-6(9)4-8;2*1-7(2,3)5-4-6(5)8;2*1-7(2)4-3-6(8)5-7/h2*1,7-8,10H,5-6H2,2-3H3;2*6,9H,2-5H2,1H3;2*5-6,8H,4H2,1-3H3;2*6,8H,3-5H2,1-2H3/q8*+1/t2*7-,8+;2*6-,8?;2*5-,6+;2*6-/m10101010/s1. The first-order valence-corrected chi connectivity index (χ1v) is 25.7. The molecule has 0 amide bonds. The van der Waals surface area contributed by atoms with Gasteiger partial charge in [-0.1, -0.05) is 0 Å². The Balaban J connectivity index is 0.000000401. The molecule has 0 spiro atoms. The van der Waals surface area contributed by atoms with Crippen LogP contribution in [0.25, 0.3) is 0 Å². The molecule has 8 N–H and O–H groups in total. The number of likely N-dealkylation sites (N-methyl/N-ethyl adjacent to an activating group) is 8. The third-order valence-electron chi connectivity index (χ3n) is 15.1. The van der Waals surface area contributed by atoms with Crippen molar-refractivity contribution >= 4 is 0 Å². The highest BCUT2D eigenvalue weighted by molar-refractivity contribution is 4.92. The molecule has 412 valence electrons. The van der Waals surface area contributed by atoms with Gasteiger partial charge in [0.15, 0.2) is 0 Å². The molecule has 0 aromatic rings. The molecule has 4 saturated carbocycles. The summed E-state index contributed by atoms with van der Waals surface area (Å²) in [6, 6.07) is 1.79. The van der Waals surface area contributed by atoms with Crippen LogP contribution in [-0.4, -0.2) is 342 Å². The van der Waals surface area contributed by atoms with Crippen LogP contribution in [0.5, 0.6) is 0 Å². The quantitative estimate of drug-likeness (QED) is 0.0894. The summed E-state index contributed by atoms with van der Waals surface area (Å²) in [5, 5.41) is 72.2. The Kier molecular flexibility index (Phi) is 25.8. The first kappa shape index (κ1) is 66.4. The molecule has 0 aromatic heterocycles. The van der Waals surface area contributed by atoms with Crippen molar-refractivity contribution in [2.45, 2.75) is 124 Å². The maximum atomic E-state index is 12.1. The van der Waals surface area contributed by atoms with E-state index in [1.54, 1.807) is 0 Å². The maximum Gasteiger partial charge on any atom is 0.222 e. The summed E-state index contributed by atoms with van der Waals surface area (Å²) in [5.41, 5.74) is 0. The summed E-state index contributed by atoms with van der Waals surface area (Å²) >= 11 is 0. The first-order chi connectivity index (χ1) is 31.7. The van der Waals surface area contributed by atoms with Gasteiger partial charge in [0.1, 0.15) is 112 Å². The fourth-order valence-electron chi connectivity index (χ4n) is 9.57. The Labute approximate surface area is 425 Å². The summed E-state index contributed by atoms with van der Waals surface area (Å²) in [4.78, 5) is 0. The number of aliphatic hydroxyl groups excluding tert-OH is 8. The minimum atomic E-state index is -0.350. The molecule has 8 fully saturated rings. The van der Waals surface area contributed by atoms with Gasteiger partial charge >= 0.3 is 0 Å². The van der Waals surface area contributed by atoms with Gasteiger partial charge in [0, 0.05) is 51.4 Å². The van der Waals surface area contributed by atoms with Crippen LogP contribution >= 0.6 is 0 Å². The first-order valence-electron chi connectivity index (χ1n) is 25.7. The van der Waals surface area contributed by atoms with Crippen molar-refractivity contribution < 1.29 is 85.5 Å². The van der Waals surface area contributed by atoms with Gasteiger partial charge in [-0.25, -0.2) is 0 Å². The maximum absolute atomic E-state index is 12.1. The topological polar surface area (TPSA) is 162 Å². The number of quaternary nitrogens is 8. The lowest BCUT2D eigenvalue weighted by atomic mass is 10.3. The predicted octanol–water partition coefficient (Wildman–Crippen LogP) is -0.786. The molecule has 0 radical (unpaired) electrons. The Morgan fingerprint density at radius 1 is 0.414 bits per heavy atom. The van der Waals surface area contributed by atoms with Gasteiger partial charge in [0.05, 0.1) is 139 Å². The molecular formula is C52H110F2N8O8+8. The van der Waals surface area contributed by atoms with Crippen molar-refractivity contribution in [3.8, 4) is 24.7 Å². The molecule has 0 bridgehead atoms. The van der Waals surface area contributed by atoms with E-state index in [0.717, 1.165) is 118 Å². The van der Waals surface area contributed by atoms with E-state index in [2.05, 4.69) is 111 Å². The fraction of sp³-hybridized carbons (Fsp3) is 0.923. The van der Waals surface area contributed by atoms with Crippen LogP contribution in [0.1, 0.15) is 51.4 Å². The molecule has 70 heavy (non-hydrogen) atoms. The van der Waals surface area contributed by atoms with Crippen LogP contribution in [0.2, 0.25) is 0 Å². The van der Waals surface area contributed by atoms with Crippen LogP contribution < -0.4 is 0 Å². The van der Waals surface area contributed by atoms with Crippen LogP contribution in [0.3, 0.4) is 0 Å². The van der Waals surface area contributed by atoms with Crippen molar-refractivity contribution in [3.05, 3.63) is 0 Å². The van der Waals surface area contributed by atoms with Gasteiger partial charge in [-0.2, -0.15) is 8.78 Å². The number of hydrogen-bond acceptors (Lipinski definition) is 8. The number of aliphatic hydroxyl groups is 8. The third-order valence-corrected chi connectivity index (χ3v) is 15.1. The average molecular weight is 1010 g/mol. The van der Waals surface area contributed by atoms with Crippen molar-refractivity contribution in [3.63, 3.8) is 0 Å². The summed E-state index contributed by atoms with van der Waals surface area (Å²) in [5.74, 6) is 5.22.